The van der Waals surface area contributed by atoms with Gasteiger partial charge in [-0.1, -0.05) is 6.07 Å². The Morgan fingerprint density at radius 1 is 1.19 bits per heavy atom. The minimum Gasteiger partial charge on any atom is -0.497 e. The fourth-order valence-electron chi connectivity index (χ4n) is 4.27. The highest BCUT2D eigenvalue weighted by Gasteiger charge is 2.50. The fourth-order valence-corrected chi connectivity index (χ4v) is 4.27. The number of furan rings is 1. The van der Waals surface area contributed by atoms with E-state index in [1.807, 2.05) is 26.0 Å². The van der Waals surface area contributed by atoms with Crippen LogP contribution in [-0.4, -0.2) is 47.8 Å². The Bertz CT molecular complexity index is 1260. The lowest BCUT2D eigenvalue weighted by molar-refractivity contribution is -0.126. The number of ether oxygens (including phenoxy) is 1. The molecule has 0 bridgehead atoms. The molecule has 5 rings (SSSR count). The van der Waals surface area contributed by atoms with Crippen molar-refractivity contribution in [3.8, 4) is 5.75 Å². The Morgan fingerprint density at radius 2 is 2.00 bits per heavy atom. The smallest absolute Gasteiger partial charge is 0.316 e. The summed E-state index contributed by atoms with van der Waals surface area (Å²) in [4.78, 5) is 44.8. The van der Waals surface area contributed by atoms with Crippen molar-refractivity contribution < 1.29 is 23.5 Å². The molecule has 0 saturated carbocycles. The largest absolute Gasteiger partial charge is 0.497 e. The quantitative estimate of drug-likeness (QED) is 0.651. The standard InChI is InChI=1S/C23H22N4O5/c1-12-6-18-17(25-13(12)2)8-20(32-18)23(19(28)9-24-22(30)26-23)11-27-10-14-4-5-15(31-3)7-16(14)21(27)29/h4-8H,9-11H2,1-3H3,(H2,24,26,30)/t23-/m1/s1. The molecule has 2 N–H and O–H groups in total. The zero-order valence-electron chi connectivity index (χ0n) is 17.9. The average molecular weight is 434 g/mol. The third-order valence-electron chi connectivity index (χ3n) is 6.20. The van der Waals surface area contributed by atoms with Crippen molar-refractivity contribution >= 4 is 28.8 Å². The van der Waals surface area contributed by atoms with Crippen LogP contribution in [-0.2, 0) is 16.9 Å². The van der Waals surface area contributed by atoms with Gasteiger partial charge in [0.25, 0.3) is 5.91 Å². The maximum Gasteiger partial charge on any atom is 0.316 e. The highest BCUT2D eigenvalue weighted by molar-refractivity contribution is 6.02. The molecule has 164 valence electrons. The summed E-state index contributed by atoms with van der Waals surface area (Å²) in [5.74, 6) is 0.297. The first-order valence-corrected chi connectivity index (χ1v) is 10.2. The van der Waals surface area contributed by atoms with E-state index in [0.29, 0.717) is 29.0 Å². The second-order valence-corrected chi connectivity index (χ2v) is 8.21. The number of aromatic nitrogens is 1. The molecule has 9 heteroatoms. The second-order valence-electron chi connectivity index (χ2n) is 8.21. The molecule has 32 heavy (non-hydrogen) atoms. The van der Waals surface area contributed by atoms with Gasteiger partial charge in [-0.15, -0.1) is 0 Å². The van der Waals surface area contributed by atoms with Gasteiger partial charge in [0.1, 0.15) is 17.0 Å². The first-order valence-electron chi connectivity index (χ1n) is 10.2. The van der Waals surface area contributed by atoms with E-state index in [1.165, 1.54) is 7.11 Å². The van der Waals surface area contributed by atoms with E-state index in [4.69, 9.17) is 9.15 Å². The van der Waals surface area contributed by atoms with Crippen LogP contribution in [0.15, 0.2) is 34.7 Å². The van der Waals surface area contributed by atoms with Crippen LogP contribution in [0, 0.1) is 13.8 Å². The lowest BCUT2D eigenvalue weighted by Gasteiger charge is -2.37. The Morgan fingerprint density at radius 3 is 2.78 bits per heavy atom. The summed E-state index contributed by atoms with van der Waals surface area (Å²) in [5, 5.41) is 5.24. The molecule has 3 aromatic rings. The minimum absolute atomic E-state index is 0.0626. The van der Waals surface area contributed by atoms with Gasteiger partial charge in [0.05, 0.1) is 20.2 Å². The molecule has 3 amide bonds. The van der Waals surface area contributed by atoms with Gasteiger partial charge < -0.3 is 24.7 Å². The van der Waals surface area contributed by atoms with Gasteiger partial charge in [-0.25, -0.2) is 9.78 Å². The number of hydrogen-bond acceptors (Lipinski definition) is 6. The van der Waals surface area contributed by atoms with Gasteiger partial charge in [-0.05, 0) is 43.2 Å². The zero-order chi connectivity index (χ0) is 22.6. The number of fused-ring (bicyclic) bond motifs is 2. The van der Waals surface area contributed by atoms with Crippen molar-refractivity contribution in [3.05, 3.63) is 58.5 Å². The molecule has 1 aromatic carbocycles. The van der Waals surface area contributed by atoms with Crippen molar-refractivity contribution in [3.63, 3.8) is 0 Å². The molecular formula is C23H22N4O5. The van der Waals surface area contributed by atoms with Crippen LogP contribution < -0.4 is 15.4 Å². The molecule has 1 saturated heterocycles. The van der Waals surface area contributed by atoms with Crippen molar-refractivity contribution in [1.29, 1.82) is 0 Å². The molecule has 4 heterocycles. The van der Waals surface area contributed by atoms with E-state index < -0.39 is 11.6 Å². The number of nitrogens with one attached hydrogen (secondary N) is 2. The van der Waals surface area contributed by atoms with Crippen molar-refractivity contribution in [2.24, 2.45) is 0 Å². The molecular weight excluding hydrogens is 412 g/mol. The Labute approximate surface area is 183 Å². The van der Waals surface area contributed by atoms with E-state index in [1.54, 1.807) is 23.1 Å². The van der Waals surface area contributed by atoms with E-state index in [9.17, 15) is 14.4 Å². The predicted molar refractivity (Wildman–Crippen MR) is 114 cm³/mol. The Kier molecular flexibility index (Phi) is 4.44. The summed E-state index contributed by atoms with van der Waals surface area (Å²) in [5.41, 5.74) is 2.73. The number of methoxy groups -OCH3 is 1. The monoisotopic (exact) mass is 434 g/mol. The Hall–Kier alpha value is -3.88. The van der Waals surface area contributed by atoms with E-state index in [0.717, 1.165) is 16.8 Å². The number of carbonyl (C=O) groups excluding carboxylic acids is 3. The van der Waals surface area contributed by atoms with Crippen molar-refractivity contribution in [2.45, 2.75) is 25.9 Å². The van der Waals surface area contributed by atoms with Gasteiger partial charge in [0, 0.05) is 23.9 Å². The molecule has 0 aliphatic carbocycles. The van der Waals surface area contributed by atoms with Crippen LogP contribution in [0.4, 0.5) is 4.79 Å². The van der Waals surface area contributed by atoms with Crippen molar-refractivity contribution in [2.75, 3.05) is 20.2 Å². The maximum atomic E-state index is 13.2. The van der Waals surface area contributed by atoms with Crippen LogP contribution in [0.3, 0.4) is 0 Å². The highest BCUT2D eigenvalue weighted by atomic mass is 16.5. The number of rotatable bonds is 4. The molecule has 1 atom stereocenters. The molecule has 0 spiro atoms. The summed E-state index contributed by atoms with van der Waals surface area (Å²) in [6, 6.07) is 8.32. The first kappa shape index (κ1) is 20.0. The average Bonchev–Trinajstić information content (AvgIpc) is 3.31. The maximum absolute atomic E-state index is 13.2. The van der Waals surface area contributed by atoms with Crippen LogP contribution >= 0.6 is 0 Å². The van der Waals surface area contributed by atoms with Gasteiger partial charge in [-0.3, -0.25) is 9.59 Å². The summed E-state index contributed by atoms with van der Waals surface area (Å²) in [6.45, 7) is 3.89. The number of hydrogen-bond donors (Lipinski definition) is 2. The summed E-state index contributed by atoms with van der Waals surface area (Å²) < 4.78 is 11.3. The molecule has 2 aromatic heterocycles. The Balaban J connectivity index is 1.57. The van der Waals surface area contributed by atoms with Crippen LogP contribution in [0.25, 0.3) is 11.1 Å². The third kappa shape index (κ3) is 3.00. The molecule has 2 aliphatic heterocycles. The lowest BCUT2D eigenvalue weighted by Crippen LogP contribution is -2.66. The van der Waals surface area contributed by atoms with Crippen molar-refractivity contribution in [1.82, 2.24) is 20.5 Å². The normalized spacial score (nSPS) is 20.3. The SMILES string of the molecule is COc1ccc2c(c1)C(=O)N(C[C@@]1(c3cc4nc(C)c(C)cc4o3)NC(=O)NCC1=O)C2. The summed E-state index contributed by atoms with van der Waals surface area (Å²) >= 11 is 0. The fraction of sp³-hybridized carbons (Fsp3) is 0.304. The number of ketones is 1. The number of aryl methyl sites for hydroxylation is 2. The number of urea groups is 1. The van der Waals surface area contributed by atoms with Gasteiger partial charge in [-0.2, -0.15) is 0 Å². The number of nitrogens with zero attached hydrogens (tertiary/aromatic N) is 2. The van der Waals surface area contributed by atoms with Gasteiger partial charge in [0.2, 0.25) is 0 Å². The van der Waals surface area contributed by atoms with Crippen LogP contribution in [0.1, 0.15) is 32.9 Å². The molecule has 1 fully saturated rings. The molecule has 0 unspecified atom stereocenters. The zero-order valence-corrected chi connectivity index (χ0v) is 17.9. The number of amides is 3. The lowest BCUT2D eigenvalue weighted by atomic mass is 9.88. The number of benzene rings is 1. The second kappa shape index (κ2) is 7.08. The summed E-state index contributed by atoms with van der Waals surface area (Å²) in [7, 11) is 1.54. The predicted octanol–water partition coefficient (Wildman–Crippen LogP) is 2.19. The van der Waals surface area contributed by atoms with Crippen LogP contribution in [0.2, 0.25) is 0 Å². The summed E-state index contributed by atoms with van der Waals surface area (Å²) in [6.07, 6.45) is 0. The van der Waals surface area contributed by atoms with Gasteiger partial charge in [0.15, 0.2) is 16.9 Å². The highest BCUT2D eigenvalue weighted by Crippen LogP contribution is 2.34. The minimum atomic E-state index is -1.52. The first-order chi connectivity index (χ1) is 15.3. The van der Waals surface area contributed by atoms with Gasteiger partial charge >= 0.3 is 6.03 Å². The number of pyridine rings is 1. The van der Waals surface area contributed by atoms with E-state index in [-0.39, 0.29) is 30.5 Å². The molecule has 9 nitrogen and oxygen atoms in total. The van der Waals surface area contributed by atoms with E-state index in [2.05, 4.69) is 15.6 Å². The molecule has 2 aliphatic rings. The number of carbonyl (C=O) groups is 3. The van der Waals surface area contributed by atoms with E-state index >= 15 is 0 Å². The molecule has 0 radical (unpaired) electrons. The number of Topliss-reactive ketones (excluding diaryl/α,β-unsaturated/α-hetero) is 1. The van der Waals surface area contributed by atoms with Crippen LogP contribution in [0.5, 0.6) is 5.75 Å². The topological polar surface area (TPSA) is 114 Å². The third-order valence-corrected chi connectivity index (χ3v) is 6.20.